The van der Waals surface area contributed by atoms with Gasteiger partial charge in [-0.1, -0.05) is 24.3 Å². The van der Waals surface area contributed by atoms with Gasteiger partial charge in [-0.25, -0.2) is 4.79 Å². The standard InChI is InChI=1S/C18H20BrN3O2S/c19-16-8-7-15(25-16)11-21-18(24)20-10-13-4-1-2-5-14(13)12-22-9-3-6-17(22)23/h1-2,4-5,7-8H,3,6,9-12H2,(H2,20,21,24). The number of halogens is 1. The summed E-state index contributed by atoms with van der Waals surface area (Å²) >= 11 is 5.01. The summed E-state index contributed by atoms with van der Waals surface area (Å²) in [5, 5.41) is 5.75. The molecule has 1 aliphatic heterocycles. The minimum absolute atomic E-state index is 0.198. The van der Waals surface area contributed by atoms with Crippen LogP contribution in [0.25, 0.3) is 0 Å². The Morgan fingerprint density at radius 1 is 1.12 bits per heavy atom. The molecule has 0 atom stereocenters. The highest BCUT2D eigenvalue weighted by molar-refractivity contribution is 9.11. The van der Waals surface area contributed by atoms with Crippen molar-refractivity contribution in [2.75, 3.05) is 6.54 Å². The normalized spacial score (nSPS) is 14.0. The van der Waals surface area contributed by atoms with Crippen LogP contribution in [0.2, 0.25) is 0 Å². The minimum atomic E-state index is -0.198. The van der Waals surface area contributed by atoms with Gasteiger partial charge in [0.25, 0.3) is 0 Å². The molecule has 25 heavy (non-hydrogen) atoms. The van der Waals surface area contributed by atoms with E-state index in [0.717, 1.165) is 32.8 Å². The lowest BCUT2D eigenvalue weighted by Gasteiger charge is -2.18. The number of nitrogens with one attached hydrogen (secondary N) is 2. The first-order valence-electron chi connectivity index (χ1n) is 8.22. The van der Waals surface area contributed by atoms with Crippen LogP contribution in [-0.2, 0) is 24.4 Å². The van der Waals surface area contributed by atoms with E-state index in [2.05, 4.69) is 26.6 Å². The van der Waals surface area contributed by atoms with Gasteiger partial charge in [-0.15, -0.1) is 11.3 Å². The Labute approximate surface area is 159 Å². The molecule has 0 radical (unpaired) electrons. The van der Waals surface area contributed by atoms with Crippen molar-refractivity contribution in [3.63, 3.8) is 0 Å². The van der Waals surface area contributed by atoms with E-state index in [0.29, 0.717) is 26.1 Å². The molecule has 0 unspecified atom stereocenters. The third-order valence-electron chi connectivity index (χ3n) is 4.14. The molecule has 1 aromatic carbocycles. The van der Waals surface area contributed by atoms with Gasteiger partial charge in [0.2, 0.25) is 5.91 Å². The summed E-state index contributed by atoms with van der Waals surface area (Å²) in [7, 11) is 0. The summed E-state index contributed by atoms with van der Waals surface area (Å²) in [6, 6.07) is 11.7. The van der Waals surface area contributed by atoms with Crippen molar-refractivity contribution < 1.29 is 9.59 Å². The van der Waals surface area contributed by atoms with E-state index in [9.17, 15) is 9.59 Å². The molecule has 1 aliphatic rings. The highest BCUT2D eigenvalue weighted by Crippen LogP contribution is 2.21. The van der Waals surface area contributed by atoms with Crippen LogP contribution in [0, 0.1) is 0 Å². The Balaban J connectivity index is 1.52. The zero-order valence-electron chi connectivity index (χ0n) is 13.8. The summed E-state index contributed by atoms with van der Waals surface area (Å²) < 4.78 is 1.05. The first-order chi connectivity index (χ1) is 12.1. The number of thiophene rings is 1. The molecular weight excluding hydrogens is 402 g/mol. The van der Waals surface area contributed by atoms with Crippen LogP contribution in [0.1, 0.15) is 28.8 Å². The summed E-state index contributed by atoms with van der Waals surface area (Å²) in [6.45, 7) is 2.38. The maximum atomic E-state index is 12.0. The van der Waals surface area contributed by atoms with Gasteiger partial charge in [-0.2, -0.15) is 0 Å². The lowest BCUT2D eigenvalue weighted by atomic mass is 10.1. The second-order valence-electron chi connectivity index (χ2n) is 5.93. The van der Waals surface area contributed by atoms with Gasteiger partial charge in [-0.3, -0.25) is 4.79 Å². The number of hydrogen-bond donors (Lipinski definition) is 2. The molecule has 5 nitrogen and oxygen atoms in total. The SMILES string of the molecule is O=C(NCc1ccc(Br)s1)NCc1ccccc1CN1CCCC1=O. The first kappa shape index (κ1) is 17.9. The van der Waals surface area contributed by atoms with Crippen molar-refractivity contribution >= 4 is 39.2 Å². The Morgan fingerprint density at radius 3 is 2.56 bits per heavy atom. The quantitative estimate of drug-likeness (QED) is 0.747. The monoisotopic (exact) mass is 421 g/mol. The highest BCUT2D eigenvalue weighted by atomic mass is 79.9. The smallest absolute Gasteiger partial charge is 0.315 e. The summed E-state index contributed by atoms with van der Waals surface area (Å²) in [5.74, 6) is 0.211. The third kappa shape index (κ3) is 5.06. The van der Waals surface area contributed by atoms with Crippen molar-refractivity contribution in [3.05, 3.63) is 56.2 Å². The van der Waals surface area contributed by atoms with E-state index >= 15 is 0 Å². The van der Waals surface area contributed by atoms with Crippen molar-refractivity contribution in [1.29, 1.82) is 0 Å². The van der Waals surface area contributed by atoms with Crippen LogP contribution >= 0.6 is 27.3 Å². The Hall–Kier alpha value is -1.86. The van der Waals surface area contributed by atoms with Crippen LogP contribution in [0.3, 0.4) is 0 Å². The topological polar surface area (TPSA) is 61.4 Å². The largest absolute Gasteiger partial charge is 0.338 e. The zero-order valence-corrected chi connectivity index (χ0v) is 16.2. The number of likely N-dealkylation sites (tertiary alicyclic amines) is 1. The average Bonchev–Trinajstić information content (AvgIpc) is 3.21. The van der Waals surface area contributed by atoms with Crippen molar-refractivity contribution in [2.24, 2.45) is 0 Å². The van der Waals surface area contributed by atoms with Crippen LogP contribution in [0.15, 0.2) is 40.2 Å². The first-order valence-corrected chi connectivity index (χ1v) is 9.83. The van der Waals surface area contributed by atoms with E-state index in [-0.39, 0.29) is 11.9 Å². The van der Waals surface area contributed by atoms with Gasteiger partial charge in [0.1, 0.15) is 0 Å². The lowest BCUT2D eigenvalue weighted by molar-refractivity contribution is -0.128. The Bertz CT molecular complexity index is 762. The zero-order chi connectivity index (χ0) is 17.6. The van der Waals surface area contributed by atoms with Crippen LogP contribution in [0.5, 0.6) is 0 Å². The van der Waals surface area contributed by atoms with Crippen molar-refractivity contribution in [3.8, 4) is 0 Å². The summed E-state index contributed by atoms with van der Waals surface area (Å²) in [5.41, 5.74) is 2.12. The van der Waals surface area contributed by atoms with Gasteiger partial charge in [0.05, 0.1) is 10.3 Å². The van der Waals surface area contributed by atoms with Gasteiger partial charge in [0.15, 0.2) is 0 Å². The molecule has 2 heterocycles. The van der Waals surface area contributed by atoms with E-state index in [1.54, 1.807) is 11.3 Å². The molecule has 3 amide bonds. The fourth-order valence-electron chi connectivity index (χ4n) is 2.81. The Morgan fingerprint density at radius 2 is 1.88 bits per heavy atom. The molecule has 0 aliphatic carbocycles. The van der Waals surface area contributed by atoms with E-state index < -0.39 is 0 Å². The van der Waals surface area contributed by atoms with Gasteiger partial charge >= 0.3 is 6.03 Å². The molecule has 1 saturated heterocycles. The molecule has 7 heteroatoms. The summed E-state index contributed by atoms with van der Waals surface area (Å²) in [6.07, 6.45) is 1.57. The minimum Gasteiger partial charge on any atom is -0.338 e. The molecule has 1 aromatic heterocycles. The molecule has 2 aromatic rings. The van der Waals surface area contributed by atoms with Crippen LogP contribution in [0.4, 0.5) is 4.79 Å². The lowest BCUT2D eigenvalue weighted by Crippen LogP contribution is -2.34. The molecule has 0 saturated carbocycles. The maximum absolute atomic E-state index is 12.0. The molecule has 0 spiro atoms. The molecule has 0 bridgehead atoms. The third-order valence-corrected chi connectivity index (χ3v) is 5.77. The number of benzene rings is 1. The predicted octanol–water partition coefficient (Wildman–Crippen LogP) is 3.63. The van der Waals surface area contributed by atoms with E-state index in [1.165, 1.54) is 0 Å². The number of carbonyl (C=O) groups excluding carboxylic acids is 2. The van der Waals surface area contributed by atoms with Crippen molar-refractivity contribution in [2.45, 2.75) is 32.5 Å². The van der Waals surface area contributed by atoms with Crippen LogP contribution in [-0.4, -0.2) is 23.4 Å². The number of rotatable bonds is 6. The second-order valence-corrected chi connectivity index (χ2v) is 8.48. The van der Waals surface area contributed by atoms with E-state index in [4.69, 9.17) is 0 Å². The van der Waals surface area contributed by atoms with Gasteiger partial charge < -0.3 is 15.5 Å². The molecule has 132 valence electrons. The Kier molecular flexibility index (Phi) is 6.09. The fraction of sp³-hybridized carbons (Fsp3) is 0.333. The fourth-order valence-corrected chi connectivity index (χ4v) is 4.24. The second kappa shape index (κ2) is 8.49. The van der Waals surface area contributed by atoms with Gasteiger partial charge in [0, 0.05) is 30.9 Å². The number of amides is 3. The maximum Gasteiger partial charge on any atom is 0.315 e. The van der Waals surface area contributed by atoms with Crippen molar-refractivity contribution in [1.82, 2.24) is 15.5 Å². The number of hydrogen-bond acceptors (Lipinski definition) is 3. The van der Waals surface area contributed by atoms with Gasteiger partial charge in [-0.05, 0) is 45.6 Å². The molecular formula is C18H20BrN3O2S. The number of urea groups is 1. The number of carbonyl (C=O) groups is 2. The average molecular weight is 422 g/mol. The number of nitrogens with zero attached hydrogens (tertiary/aromatic N) is 1. The summed E-state index contributed by atoms with van der Waals surface area (Å²) in [4.78, 5) is 26.8. The molecule has 3 rings (SSSR count). The molecule has 2 N–H and O–H groups in total. The predicted molar refractivity (Wildman–Crippen MR) is 102 cm³/mol. The van der Waals surface area contributed by atoms with Crippen LogP contribution < -0.4 is 10.6 Å². The highest BCUT2D eigenvalue weighted by Gasteiger charge is 2.20. The van der Waals surface area contributed by atoms with E-state index in [1.807, 2.05) is 41.3 Å². The molecule has 1 fully saturated rings.